The molecule has 2 N–H and O–H groups in total. The van der Waals surface area contributed by atoms with E-state index in [0.29, 0.717) is 6.42 Å². The van der Waals surface area contributed by atoms with Crippen LogP contribution in [0.5, 0.6) is 0 Å². The molecule has 2 nitrogen and oxygen atoms in total. The highest BCUT2D eigenvalue weighted by molar-refractivity contribution is 5.75. The van der Waals surface area contributed by atoms with Gasteiger partial charge in [0.1, 0.15) is 0 Å². The lowest BCUT2D eigenvalue weighted by Crippen LogP contribution is -2.17. The van der Waals surface area contributed by atoms with Gasteiger partial charge >= 0.3 is 0 Å². The van der Waals surface area contributed by atoms with Crippen molar-refractivity contribution in [3.8, 4) is 0 Å². The van der Waals surface area contributed by atoms with Crippen LogP contribution in [0.3, 0.4) is 0 Å². The van der Waals surface area contributed by atoms with Crippen molar-refractivity contribution in [1.82, 2.24) is 0 Å². The molecule has 0 heterocycles. The van der Waals surface area contributed by atoms with Crippen LogP contribution in [0.15, 0.2) is 36.4 Å². The quantitative estimate of drug-likeness (QED) is 0.798. The highest BCUT2D eigenvalue weighted by Gasteiger charge is 2.14. The van der Waals surface area contributed by atoms with Crippen LogP contribution in [0, 0.1) is 33.6 Å². The van der Waals surface area contributed by atoms with E-state index in [4.69, 9.17) is 5.73 Å². The second kappa shape index (κ2) is 8.14. The number of hydrogen-bond donors (Lipinski definition) is 1. The van der Waals surface area contributed by atoms with E-state index in [1.54, 1.807) is 0 Å². The number of carbonyl (C=O) groups is 1. The molecule has 1 radical (unpaired) electrons. The lowest BCUT2D eigenvalue weighted by atomic mass is 9.88. The summed E-state index contributed by atoms with van der Waals surface area (Å²) in [6.45, 7) is 8.47. The topological polar surface area (TPSA) is 43.1 Å². The molecule has 0 bridgehead atoms. The Morgan fingerprint density at radius 2 is 1.25 bits per heavy atom. The molecule has 0 unspecified atom stereocenters. The van der Waals surface area contributed by atoms with Gasteiger partial charge < -0.3 is 5.73 Å². The second-order valence-corrected chi connectivity index (χ2v) is 7.06. The highest BCUT2D eigenvalue weighted by Crippen LogP contribution is 2.23. The van der Waals surface area contributed by atoms with E-state index in [9.17, 15) is 4.79 Å². The average molecular weight is 322 g/mol. The van der Waals surface area contributed by atoms with Gasteiger partial charge in [0.15, 0.2) is 0 Å². The van der Waals surface area contributed by atoms with E-state index < -0.39 is 0 Å². The van der Waals surface area contributed by atoms with Crippen LogP contribution >= 0.6 is 0 Å². The van der Waals surface area contributed by atoms with E-state index in [2.05, 4.69) is 64.1 Å². The lowest BCUT2D eigenvalue weighted by Gasteiger charge is -2.16. The molecule has 0 spiro atoms. The second-order valence-electron chi connectivity index (χ2n) is 7.06. The molecule has 2 rings (SSSR count). The van der Waals surface area contributed by atoms with Gasteiger partial charge in [-0.3, -0.25) is 4.79 Å². The van der Waals surface area contributed by atoms with Crippen LogP contribution in [-0.2, 0) is 17.6 Å². The molecule has 0 atom stereocenters. The number of aryl methyl sites for hydroxylation is 5. The fraction of sp³-hybridized carbons (Fsp3) is 0.364. The van der Waals surface area contributed by atoms with Crippen molar-refractivity contribution in [3.63, 3.8) is 0 Å². The lowest BCUT2D eigenvalue weighted by molar-refractivity contribution is -0.117. The molecule has 127 valence electrons. The van der Waals surface area contributed by atoms with E-state index in [1.165, 1.54) is 39.3 Å². The van der Waals surface area contributed by atoms with Crippen molar-refractivity contribution < 1.29 is 4.79 Å². The van der Waals surface area contributed by atoms with Gasteiger partial charge in [0.2, 0.25) is 5.91 Å². The molecular weight excluding hydrogens is 294 g/mol. The van der Waals surface area contributed by atoms with Gasteiger partial charge in [-0.15, -0.1) is 0 Å². The number of rotatable bonds is 7. The highest BCUT2D eigenvalue weighted by atomic mass is 16.1. The summed E-state index contributed by atoms with van der Waals surface area (Å²) in [5, 5.41) is 0. The van der Waals surface area contributed by atoms with E-state index in [1.807, 2.05) is 0 Å². The molecule has 0 aliphatic heterocycles. The van der Waals surface area contributed by atoms with E-state index in [-0.39, 0.29) is 5.91 Å². The van der Waals surface area contributed by atoms with Gasteiger partial charge in [0.25, 0.3) is 0 Å². The van der Waals surface area contributed by atoms with Crippen LogP contribution in [0.25, 0.3) is 0 Å². The Balaban J connectivity index is 2.08. The summed E-state index contributed by atoms with van der Waals surface area (Å²) in [5.41, 5.74) is 13.2. The molecule has 0 aromatic heterocycles. The largest absolute Gasteiger partial charge is 0.370 e. The fourth-order valence-electron chi connectivity index (χ4n) is 3.48. The number of benzene rings is 2. The Morgan fingerprint density at radius 1 is 0.792 bits per heavy atom. The smallest absolute Gasteiger partial charge is 0.218 e. The van der Waals surface area contributed by atoms with Gasteiger partial charge in [-0.1, -0.05) is 58.7 Å². The van der Waals surface area contributed by atoms with Gasteiger partial charge in [0.05, 0.1) is 0 Å². The zero-order chi connectivity index (χ0) is 17.7. The maximum Gasteiger partial charge on any atom is 0.218 e. The molecule has 0 saturated carbocycles. The number of nitrogens with two attached hydrogens (primary N) is 1. The third-order valence-corrected chi connectivity index (χ3v) is 4.21. The molecule has 2 aromatic rings. The summed E-state index contributed by atoms with van der Waals surface area (Å²) in [5.74, 6) is 0.974. The molecule has 2 aromatic carbocycles. The van der Waals surface area contributed by atoms with Crippen LogP contribution in [-0.4, -0.2) is 5.91 Å². The first-order chi connectivity index (χ1) is 11.3. The van der Waals surface area contributed by atoms with E-state index in [0.717, 1.165) is 19.3 Å². The summed E-state index contributed by atoms with van der Waals surface area (Å²) in [6.07, 6.45) is 3.06. The zero-order valence-electron chi connectivity index (χ0n) is 15.3. The van der Waals surface area contributed by atoms with Crippen LogP contribution in [0.1, 0.15) is 46.2 Å². The number of amides is 1. The molecule has 0 saturated heterocycles. The fourth-order valence-corrected chi connectivity index (χ4v) is 3.48. The van der Waals surface area contributed by atoms with Crippen molar-refractivity contribution in [1.29, 1.82) is 0 Å². The normalized spacial score (nSPS) is 11.0. The molecule has 0 fully saturated rings. The van der Waals surface area contributed by atoms with Crippen molar-refractivity contribution in [2.45, 2.75) is 53.4 Å². The Labute approximate surface area is 146 Å². The summed E-state index contributed by atoms with van der Waals surface area (Å²) in [4.78, 5) is 11.5. The predicted octanol–water partition coefficient (Wildman–Crippen LogP) is 4.55. The van der Waals surface area contributed by atoms with Crippen LogP contribution < -0.4 is 5.73 Å². The van der Waals surface area contributed by atoms with Crippen LogP contribution in [0.4, 0.5) is 0 Å². The van der Waals surface area contributed by atoms with Crippen LogP contribution in [0.2, 0.25) is 0 Å². The van der Waals surface area contributed by atoms with Crippen molar-refractivity contribution in [2.24, 2.45) is 5.73 Å². The Hall–Kier alpha value is -2.09. The zero-order valence-corrected chi connectivity index (χ0v) is 15.3. The maximum atomic E-state index is 11.5. The van der Waals surface area contributed by atoms with Gasteiger partial charge in [-0.2, -0.15) is 0 Å². The first-order valence-corrected chi connectivity index (χ1v) is 8.58. The Bertz CT molecular complexity index is 677. The molecule has 0 aliphatic carbocycles. The molecular formula is C22H28NO. The summed E-state index contributed by atoms with van der Waals surface area (Å²) < 4.78 is 0. The minimum Gasteiger partial charge on any atom is -0.370 e. The minimum absolute atomic E-state index is 0.241. The Kier molecular flexibility index (Phi) is 6.19. The summed E-state index contributed by atoms with van der Waals surface area (Å²) in [6, 6.07) is 13.2. The maximum absolute atomic E-state index is 11.5. The van der Waals surface area contributed by atoms with E-state index >= 15 is 0 Å². The Morgan fingerprint density at radius 3 is 1.71 bits per heavy atom. The average Bonchev–Trinajstić information content (AvgIpc) is 2.42. The van der Waals surface area contributed by atoms with Gasteiger partial charge in [-0.05, 0) is 64.0 Å². The molecule has 1 amide bonds. The molecule has 2 heteroatoms. The third kappa shape index (κ3) is 5.84. The summed E-state index contributed by atoms with van der Waals surface area (Å²) >= 11 is 0. The van der Waals surface area contributed by atoms with Crippen molar-refractivity contribution in [2.75, 3.05) is 0 Å². The van der Waals surface area contributed by atoms with Gasteiger partial charge in [0, 0.05) is 6.42 Å². The number of carbonyl (C=O) groups excluding carboxylic acids is 1. The monoisotopic (exact) mass is 322 g/mol. The predicted molar refractivity (Wildman–Crippen MR) is 101 cm³/mol. The first kappa shape index (κ1) is 18.3. The molecule has 0 aliphatic rings. The minimum atomic E-state index is -0.241. The SMILES string of the molecule is Cc1cc(C)cc(CC[C](CC(N)=O)Cc2cc(C)cc(C)c2)c1. The van der Waals surface area contributed by atoms with Crippen molar-refractivity contribution >= 4 is 5.91 Å². The number of hydrogen-bond acceptors (Lipinski definition) is 1. The number of primary amides is 1. The van der Waals surface area contributed by atoms with Gasteiger partial charge in [-0.25, -0.2) is 0 Å². The van der Waals surface area contributed by atoms with Crippen molar-refractivity contribution in [3.05, 3.63) is 75.7 Å². The first-order valence-electron chi connectivity index (χ1n) is 8.58. The third-order valence-electron chi connectivity index (χ3n) is 4.21. The standard InChI is InChI=1S/C22H28NO/c1-15-7-16(2)10-19(9-15)5-6-20(14-22(23)24)13-21-11-17(3)8-18(4)12-21/h7-12H,5-6,13-14H2,1-4H3,(H2,23,24). The summed E-state index contributed by atoms with van der Waals surface area (Å²) in [7, 11) is 0. The molecule has 24 heavy (non-hydrogen) atoms.